The zero-order valence-electron chi connectivity index (χ0n) is 12.0. The van der Waals surface area contributed by atoms with Crippen molar-refractivity contribution in [1.29, 1.82) is 0 Å². The van der Waals surface area contributed by atoms with E-state index in [9.17, 15) is 5.11 Å². The molecule has 1 rings (SSSR count). The number of halogens is 1. The molecule has 1 N–H and O–H groups in total. The summed E-state index contributed by atoms with van der Waals surface area (Å²) in [5.41, 5.74) is 2.29. The van der Waals surface area contributed by atoms with Crippen LogP contribution in [0.3, 0.4) is 0 Å². The fourth-order valence-corrected chi connectivity index (χ4v) is 3.12. The van der Waals surface area contributed by atoms with E-state index in [2.05, 4.69) is 53.4 Å². The van der Waals surface area contributed by atoms with Gasteiger partial charge in [0.1, 0.15) is 0 Å². The monoisotopic (exact) mass is 316 g/mol. The Kier molecular flexibility index (Phi) is 5.86. The molecule has 3 nitrogen and oxygen atoms in total. The minimum atomic E-state index is -0.0464. The van der Waals surface area contributed by atoms with Gasteiger partial charge in [-0.2, -0.15) is 5.10 Å². The third-order valence-corrected chi connectivity index (χ3v) is 4.44. The summed E-state index contributed by atoms with van der Waals surface area (Å²) in [6.45, 7) is 9.65. The van der Waals surface area contributed by atoms with Gasteiger partial charge in [-0.3, -0.25) is 4.68 Å². The van der Waals surface area contributed by atoms with Gasteiger partial charge in [0.05, 0.1) is 15.9 Å². The Labute approximate surface area is 119 Å². The van der Waals surface area contributed by atoms with Crippen molar-refractivity contribution < 1.29 is 5.11 Å². The van der Waals surface area contributed by atoms with Crippen LogP contribution in [-0.4, -0.2) is 21.5 Å². The highest BCUT2D eigenvalue weighted by atomic mass is 79.9. The van der Waals surface area contributed by atoms with Gasteiger partial charge in [-0.05, 0) is 47.5 Å². The largest absolute Gasteiger partial charge is 0.396 e. The molecular formula is C14H25BrN2O. The fourth-order valence-electron chi connectivity index (χ4n) is 2.42. The summed E-state index contributed by atoms with van der Waals surface area (Å²) >= 11 is 3.67. The van der Waals surface area contributed by atoms with Gasteiger partial charge in [0, 0.05) is 13.2 Å². The molecule has 1 heterocycles. The minimum Gasteiger partial charge on any atom is -0.396 e. The summed E-state index contributed by atoms with van der Waals surface area (Å²) in [7, 11) is 0. The second-order valence-corrected chi connectivity index (χ2v) is 6.07. The molecule has 0 fully saturated rings. The maximum atomic E-state index is 9.65. The lowest BCUT2D eigenvalue weighted by molar-refractivity contribution is 0.129. The van der Waals surface area contributed by atoms with Gasteiger partial charge in [0.2, 0.25) is 0 Å². The first-order valence-corrected chi connectivity index (χ1v) is 7.65. The molecule has 0 aliphatic rings. The molecule has 0 spiro atoms. The number of nitrogens with zero attached hydrogens (tertiary/aromatic N) is 2. The Balaban J connectivity index is 3.05. The third-order valence-electron chi connectivity index (χ3n) is 3.52. The van der Waals surface area contributed by atoms with Crippen LogP contribution in [0, 0.1) is 5.41 Å². The second kappa shape index (κ2) is 6.71. The molecule has 0 aromatic carbocycles. The Hall–Kier alpha value is -0.350. The molecule has 0 aliphatic heterocycles. The normalized spacial score (nSPS) is 14.8. The van der Waals surface area contributed by atoms with E-state index >= 15 is 0 Å². The predicted octanol–water partition coefficient (Wildman–Crippen LogP) is 3.57. The second-order valence-electron chi connectivity index (χ2n) is 5.27. The number of aromatic nitrogens is 2. The van der Waals surface area contributed by atoms with Gasteiger partial charge in [-0.1, -0.05) is 27.2 Å². The highest BCUT2D eigenvalue weighted by molar-refractivity contribution is 9.10. The van der Waals surface area contributed by atoms with Gasteiger partial charge in [0.15, 0.2) is 0 Å². The Morgan fingerprint density at radius 2 is 2.00 bits per heavy atom. The molecule has 18 heavy (non-hydrogen) atoms. The molecule has 0 saturated heterocycles. The van der Waals surface area contributed by atoms with Crippen molar-refractivity contribution in [3.05, 3.63) is 15.9 Å². The lowest BCUT2D eigenvalue weighted by atomic mass is 9.82. The maximum absolute atomic E-state index is 9.65. The number of aliphatic hydroxyl groups excluding tert-OH is 1. The average molecular weight is 317 g/mol. The van der Waals surface area contributed by atoms with E-state index in [1.54, 1.807) is 0 Å². The zero-order chi connectivity index (χ0) is 13.8. The summed E-state index contributed by atoms with van der Waals surface area (Å²) in [5.74, 6) is 0. The van der Waals surface area contributed by atoms with Crippen LogP contribution in [0.4, 0.5) is 0 Å². The summed E-state index contributed by atoms with van der Waals surface area (Å²) in [6.07, 6.45) is 3.94. The lowest BCUT2D eigenvalue weighted by Gasteiger charge is -2.27. The van der Waals surface area contributed by atoms with Crippen LogP contribution in [-0.2, 0) is 19.4 Å². The van der Waals surface area contributed by atoms with Crippen LogP contribution < -0.4 is 0 Å². The molecule has 0 saturated carbocycles. The van der Waals surface area contributed by atoms with E-state index in [0.29, 0.717) is 0 Å². The molecule has 0 bridgehead atoms. The van der Waals surface area contributed by atoms with Gasteiger partial charge in [-0.25, -0.2) is 0 Å². The van der Waals surface area contributed by atoms with Crippen LogP contribution in [0.2, 0.25) is 0 Å². The van der Waals surface area contributed by atoms with Gasteiger partial charge >= 0.3 is 0 Å². The first kappa shape index (κ1) is 15.7. The molecule has 0 amide bonds. The van der Waals surface area contributed by atoms with Gasteiger partial charge in [0.25, 0.3) is 0 Å². The van der Waals surface area contributed by atoms with E-state index in [-0.39, 0.29) is 12.0 Å². The topological polar surface area (TPSA) is 38.1 Å². The summed E-state index contributed by atoms with van der Waals surface area (Å²) in [4.78, 5) is 0. The molecule has 4 heteroatoms. The average Bonchev–Trinajstić information content (AvgIpc) is 2.66. The number of hydrogen-bond donors (Lipinski definition) is 1. The molecule has 0 radical (unpaired) electrons. The van der Waals surface area contributed by atoms with E-state index in [1.807, 2.05) is 0 Å². The number of aliphatic hydroxyl groups is 1. The van der Waals surface area contributed by atoms with Gasteiger partial charge in [-0.15, -0.1) is 0 Å². The molecule has 104 valence electrons. The van der Waals surface area contributed by atoms with Crippen LogP contribution in [0.5, 0.6) is 0 Å². The fraction of sp³-hybridized carbons (Fsp3) is 0.786. The number of rotatable bonds is 7. The van der Waals surface area contributed by atoms with Crippen molar-refractivity contribution in [1.82, 2.24) is 9.78 Å². The van der Waals surface area contributed by atoms with Crippen molar-refractivity contribution in [2.75, 3.05) is 6.61 Å². The zero-order valence-corrected chi connectivity index (χ0v) is 13.5. The number of hydrogen-bond acceptors (Lipinski definition) is 2. The van der Waals surface area contributed by atoms with Gasteiger partial charge < -0.3 is 5.11 Å². The molecular weight excluding hydrogens is 292 g/mol. The molecule has 1 unspecified atom stereocenters. The van der Waals surface area contributed by atoms with Crippen molar-refractivity contribution in [2.24, 2.45) is 5.41 Å². The quantitative estimate of drug-likeness (QED) is 0.835. The highest BCUT2D eigenvalue weighted by Crippen LogP contribution is 2.32. The minimum absolute atomic E-state index is 0.0464. The smallest absolute Gasteiger partial charge is 0.0766 e. The summed E-state index contributed by atoms with van der Waals surface area (Å²) in [6, 6.07) is 0. The van der Waals surface area contributed by atoms with E-state index < -0.39 is 0 Å². The summed E-state index contributed by atoms with van der Waals surface area (Å²) < 4.78 is 3.19. The highest BCUT2D eigenvalue weighted by Gasteiger charge is 2.27. The van der Waals surface area contributed by atoms with E-state index in [1.165, 1.54) is 5.69 Å². The van der Waals surface area contributed by atoms with Crippen molar-refractivity contribution in [3.63, 3.8) is 0 Å². The maximum Gasteiger partial charge on any atom is 0.0766 e. The van der Waals surface area contributed by atoms with Crippen LogP contribution >= 0.6 is 15.9 Å². The van der Waals surface area contributed by atoms with Crippen molar-refractivity contribution in [3.8, 4) is 0 Å². The van der Waals surface area contributed by atoms with Crippen molar-refractivity contribution in [2.45, 2.75) is 59.9 Å². The molecule has 0 aliphatic carbocycles. The Morgan fingerprint density at radius 1 is 1.33 bits per heavy atom. The SMILES string of the molecule is CCCC(C)(CO)Cc1c(Br)c(CC)nn1CC. The van der Waals surface area contributed by atoms with E-state index in [0.717, 1.165) is 42.4 Å². The Bertz CT molecular complexity index is 389. The van der Waals surface area contributed by atoms with Crippen LogP contribution in [0.25, 0.3) is 0 Å². The lowest BCUT2D eigenvalue weighted by Crippen LogP contribution is -2.25. The first-order chi connectivity index (χ1) is 8.51. The third kappa shape index (κ3) is 3.35. The van der Waals surface area contributed by atoms with Crippen LogP contribution in [0.1, 0.15) is 51.9 Å². The standard InChI is InChI=1S/C14H25BrN2O/c1-5-8-14(4,10-18)9-12-13(15)11(6-2)16-17(12)7-3/h18H,5-10H2,1-4H3. The van der Waals surface area contributed by atoms with Crippen molar-refractivity contribution >= 4 is 15.9 Å². The van der Waals surface area contributed by atoms with Crippen LogP contribution in [0.15, 0.2) is 4.47 Å². The predicted molar refractivity (Wildman–Crippen MR) is 78.8 cm³/mol. The van der Waals surface area contributed by atoms with E-state index in [4.69, 9.17) is 0 Å². The Morgan fingerprint density at radius 3 is 2.44 bits per heavy atom. The molecule has 1 atom stereocenters. The molecule has 1 aromatic rings. The number of aryl methyl sites for hydroxylation is 2. The first-order valence-electron chi connectivity index (χ1n) is 6.86. The summed E-state index contributed by atoms with van der Waals surface area (Å²) in [5, 5.41) is 14.3. The molecule has 1 aromatic heterocycles.